The lowest BCUT2D eigenvalue weighted by atomic mass is 9.75. The quantitative estimate of drug-likeness (QED) is 0.858. The van der Waals surface area contributed by atoms with Gasteiger partial charge in [0.2, 0.25) is 5.60 Å². The molecule has 4 heterocycles. The Labute approximate surface area is 143 Å². The fraction of sp³-hybridized carbons (Fsp3) is 0.737. The van der Waals surface area contributed by atoms with Gasteiger partial charge in [-0.1, -0.05) is 19.3 Å². The van der Waals surface area contributed by atoms with Crippen molar-refractivity contribution >= 4 is 5.97 Å². The summed E-state index contributed by atoms with van der Waals surface area (Å²) in [6.07, 6.45) is 8.52. The van der Waals surface area contributed by atoms with Crippen LogP contribution in [0.5, 0.6) is 0 Å². The molecule has 5 nitrogen and oxygen atoms in total. The van der Waals surface area contributed by atoms with Gasteiger partial charge in [-0.15, -0.1) is 0 Å². The first-order valence-electron chi connectivity index (χ1n) is 9.37. The second-order valence-electron chi connectivity index (χ2n) is 7.66. The topological polar surface area (TPSA) is 62.9 Å². The largest absolute Gasteiger partial charge is 0.466 e. The Morgan fingerprint density at radius 3 is 2.54 bits per heavy atom. The number of piperidine rings is 3. The number of carbonyl (C=O) groups is 1. The van der Waals surface area contributed by atoms with Gasteiger partial charge in [-0.2, -0.15) is 0 Å². The highest BCUT2D eigenvalue weighted by Crippen LogP contribution is 2.41. The molecule has 1 aromatic heterocycles. The molecule has 132 valence electrons. The zero-order valence-electron chi connectivity index (χ0n) is 14.2. The molecule has 2 atom stereocenters. The normalized spacial score (nSPS) is 33.1. The van der Waals surface area contributed by atoms with Crippen LogP contribution in [0, 0.1) is 11.8 Å². The number of ether oxygens (including phenoxy) is 1. The summed E-state index contributed by atoms with van der Waals surface area (Å²) >= 11 is 0. The van der Waals surface area contributed by atoms with Crippen molar-refractivity contribution in [1.82, 2.24) is 4.90 Å². The van der Waals surface area contributed by atoms with Gasteiger partial charge in [0.25, 0.3) is 0 Å². The van der Waals surface area contributed by atoms with E-state index >= 15 is 0 Å². The number of rotatable bonds is 4. The molecule has 5 heteroatoms. The molecule has 4 fully saturated rings. The lowest BCUT2D eigenvalue weighted by Gasteiger charge is -2.45. The highest BCUT2D eigenvalue weighted by molar-refractivity contribution is 5.81. The Kier molecular flexibility index (Phi) is 4.39. The van der Waals surface area contributed by atoms with Crippen LogP contribution < -0.4 is 0 Å². The minimum atomic E-state index is -1.64. The van der Waals surface area contributed by atoms with Crippen LogP contribution >= 0.6 is 0 Å². The maximum absolute atomic E-state index is 13.1. The minimum absolute atomic E-state index is 0.0925. The van der Waals surface area contributed by atoms with Crippen LogP contribution in [-0.4, -0.2) is 41.7 Å². The summed E-state index contributed by atoms with van der Waals surface area (Å²) in [7, 11) is 0. The van der Waals surface area contributed by atoms with Crippen LogP contribution in [0.1, 0.15) is 50.7 Å². The summed E-state index contributed by atoms with van der Waals surface area (Å²) in [5.74, 6) is 0.140. The Balaban J connectivity index is 1.55. The minimum Gasteiger partial charge on any atom is -0.466 e. The van der Waals surface area contributed by atoms with E-state index in [1.165, 1.54) is 12.7 Å². The van der Waals surface area contributed by atoms with Crippen LogP contribution in [0.25, 0.3) is 0 Å². The van der Waals surface area contributed by atoms with Crippen molar-refractivity contribution in [2.45, 2.75) is 56.7 Å². The second-order valence-corrected chi connectivity index (χ2v) is 7.66. The van der Waals surface area contributed by atoms with Crippen molar-refractivity contribution in [2.24, 2.45) is 11.8 Å². The lowest BCUT2D eigenvalue weighted by molar-refractivity contribution is -0.192. The molecular formula is C19H27NO4. The number of esters is 1. The molecule has 0 radical (unpaired) electrons. The highest BCUT2D eigenvalue weighted by atomic mass is 16.6. The fourth-order valence-electron chi connectivity index (χ4n) is 4.76. The molecule has 4 aliphatic rings. The van der Waals surface area contributed by atoms with E-state index in [1.54, 1.807) is 12.1 Å². The van der Waals surface area contributed by atoms with Gasteiger partial charge >= 0.3 is 5.97 Å². The maximum atomic E-state index is 13.1. The van der Waals surface area contributed by atoms with E-state index in [-0.39, 0.29) is 12.0 Å². The molecule has 24 heavy (non-hydrogen) atoms. The number of carbonyl (C=O) groups excluding carboxylic acids is 1. The van der Waals surface area contributed by atoms with Gasteiger partial charge in [-0.3, -0.25) is 4.90 Å². The third-order valence-electron chi connectivity index (χ3n) is 6.26. The molecule has 0 spiro atoms. The average molecular weight is 333 g/mol. The fourth-order valence-corrected chi connectivity index (χ4v) is 4.76. The van der Waals surface area contributed by atoms with Gasteiger partial charge in [0.05, 0.1) is 6.26 Å². The Morgan fingerprint density at radius 1 is 1.21 bits per heavy atom. The van der Waals surface area contributed by atoms with Crippen LogP contribution in [-0.2, 0) is 15.1 Å². The first-order chi connectivity index (χ1) is 11.7. The SMILES string of the molecule is O=C(O[C@H]1CN2CCC1CC2)[C@@](O)(c1ccco1)C1CCCCC1. The molecule has 1 aliphatic carbocycles. The molecule has 1 aromatic rings. The van der Waals surface area contributed by atoms with Crippen molar-refractivity contribution in [2.75, 3.05) is 19.6 Å². The molecule has 2 bridgehead atoms. The predicted octanol–water partition coefficient (Wildman–Crippen LogP) is 2.68. The van der Waals surface area contributed by atoms with Gasteiger partial charge < -0.3 is 14.3 Å². The van der Waals surface area contributed by atoms with Crippen molar-refractivity contribution in [3.63, 3.8) is 0 Å². The third-order valence-corrected chi connectivity index (χ3v) is 6.26. The van der Waals surface area contributed by atoms with Crippen LogP contribution in [0.4, 0.5) is 0 Å². The summed E-state index contributed by atoms with van der Waals surface area (Å²) in [6.45, 7) is 3.00. The van der Waals surface area contributed by atoms with Crippen molar-refractivity contribution in [3.8, 4) is 0 Å². The van der Waals surface area contributed by atoms with Crippen molar-refractivity contribution < 1.29 is 19.1 Å². The van der Waals surface area contributed by atoms with Gasteiger partial charge in [-0.05, 0) is 56.8 Å². The summed E-state index contributed by atoms with van der Waals surface area (Å²) in [6, 6.07) is 3.43. The molecule has 3 aliphatic heterocycles. The third kappa shape index (κ3) is 2.78. The van der Waals surface area contributed by atoms with Crippen molar-refractivity contribution in [1.29, 1.82) is 0 Å². The van der Waals surface area contributed by atoms with Gasteiger partial charge in [-0.25, -0.2) is 4.79 Å². The van der Waals surface area contributed by atoms with E-state index in [4.69, 9.17) is 9.15 Å². The molecule has 3 saturated heterocycles. The summed E-state index contributed by atoms with van der Waals surface area (Å²) < 4.78 is 11.3. The number of nitrogens with zero attached hydrogens (tertiary/aromatic N) is 1. The molecule has 0 amide bonds. The number of hydrogen-bond acceptors (Lipinski definition) is 5. The molecular weight excluding hydrogens is 306 g/mol. The van der Waals surface area contributed by atoms with Crippen LogP contribution in [0.3, 0.4) is 0 Å². The smallest absolute Gasteiger partial charge is 0.346 e. The summed E-state index contributed by atoms with van der Waals surface area (Å²) in [5, 5.41) is 11.4. The number of furan rings is 1. The Hall–Kier alpha value is -1.33. The molecule has 1 N–H and O–H groups in total. The van der Waals surface area contributed by atoms with E-state index in [9.17, 15) is 9.90 Å². The number of aliphatic hydroxyl groups is 1. The van der Waals surface area contributed by atoms with Gasteiger partial charge in [0, 0.05) is 12.5 Å². The van der Waals surface area contributed by atoms with Gasteiger partial charge in [0.1, 0.15) is 11.9 Å². The second kappa shape index (κ2) is 6.52. The average Bonchev–Trinajstić information content (AvgIpc) is 3.18. The molecule has 0 unspecified atom stereocenters. The number of hydrogen-bond donors (Lipinski definition) is 1. The first kappa shape index (κ1) is 16.2. The number of fused-ring (bicyclic) bond motifs is 3. The zero-order chi connectivity index (χ0) is 16.6. The monoisotopic (exact) mass is 333 g/mol. The summed E-state index contributed by atoms with van der Waals surface area (Å²) in [5.41, 5.74) is -1.64. The van der Waals surface area contributed by atoms with Crippen LogP contribution in [0.15, 0.2) is 22.8 Å². The van der Waals surface area contributed by atoms with E-state index in [2.05, 4.69) is 4.90 Å². The van der Waals surface area contributed by atoms with E-state index in [0.29, 0.717) is 11.7 Å². The van der Waals surface area contributed by atoms with Crippen molar-refractivity contribution in [3.05, 3.63) is 24.2 Å². The molecule has 1 saturated carbocycles. The van der Waals surface area contributed by atoms with Crippen LogP contribution in [0.2, 0.25) is 0 Å². The first-order valence-corrected chi connectivity index (χ1v) is 9.37. The Bertz CT molecular complexity index is 558. The highest BCUT2D eigenvalue weighted by Gasteiger charge is 2.51. The lowest BCUT2D eigenvalue weighted by Crippen LogP contribution is -2.54. The Morgan fingerprint density at radius 2 is 1.96 bits per heavy atom. The maximum Gasteiger partial charge on any atom is 0.346 e. The zero-order valence-corrected chi connectivity index (χ0v) is 14.2. The molecule has 5 rings (SSSR count). The molecule has 0 aromatic carbocycles. The van der Waals surface area contributed by atoms with E-state index in [1.807, 2.05) is 0 Å². The van der Waals surface area contributed by atoms with E-state index in [0.717, 1.165) is 58.2 Å². The standard InChI is InChI=1S/C19H27NO4/c21-18(24-16-13-20-10-8-14(16)9-11-20)19(22,17-7-4-12-23-17)15-5-2-1-3-6-15/h4,7,12,14-16,22H,1-3,5-6,8-11,13H2/t16-,19-/m0/s1. The predicted molar refractivity (Wildman–Crippen MR) is 88.2 cm³/mol. The summed E-state index contributed by atoms with van der Waals surface area (Å²) in [4.78, 5) is 15.4. The van der Waals surface area contributed by atoms with Gasteiger partial charge in [0.15, 0.2) is 0 Å². The van der Waals surface area contributed by atoms with E-state index < -0.39 is 11.6 Å².